The maximum atomic E-state index is 12.1. The number of anilines is 1. The average Bonchev–Trinajstić information content (AvgIpc) is 2.75. The molecule has 0 aromatic carbocycles. The van der Waals surface area contributed by atoms with Gasteiger partial charge in [0.2, 0.25) is 5.91 Å². The number of rotatable bonds is 4. The van der Waals surface area contributed by atoms with Crippen LogP contribution in [0.1, 0.15) is 43.4 Å². The number of amides is 1. The Kier molecular flexibility index (Phi) is 4.35. The Morgan fingerprint density at radius 3 is 2.78 bits per heavy atom. The summed E-state index contributed by atoms with van der Waals surface area (Å²) in [6, 6.07) is 0. The van der Waals surface area contributed by atoms with Gasteiger partial charge in [-0.05, 0) is 31.7 Å². The highest BCUT2D eigenvalue weighted by Crippen LogP contribution is 2.38. The van der Waals surface area contributed by atoms with Crippen molar-refractivity contribution < 1.29 is 4.79 Å². The molecule has 0 aliphatic heterocycles. The highest BCUT2D eigenvalue weighted by Gasteiger charge is 2.33. The Bertz CT molecular complexity index is 410. The van der Waals surface area contributed by atoms with E-state index in [-0.39, 0.29) is 11.3 Å². The fourth-order valence-electron chi connectivity index (χ4n) is 2.67. The van der Waals surface area contributed by atoms with Crippen molar-refractivity contribution in [1.29, 1.82) is 0 Å². The highest BCUT2D eigenvalue weighted by molar-refractivity contribution is 7.15. The lowest BCUT2D eigenvalue weighted by atomic mass is 9.72. The van der Waals surface area contributed by atoms with Crippen molar-refractivity contribution in [3.05, 3.63) is 11.1 Å². The molecule has 0 saturated heterocycles. The van der Waals surface area contributed by atoms with Crippen molar-refractivity contribution in [3.8, 4) is 0 Å². The first-order valence-corrected chi connectivity index (χ1v) is 7.38. The molecular formula is C13H21N3OS. The Labute approximate surface area is 112 Å². The third kappa shape index (κ3) is 3.29. The fraction of sp³-hybridized carbons (Fsp3) is 0.692. The number of nitrogens with two attached hydrogens (primary N) is 1. The van der Waals surface area contributed by atoms with Gasteiger partial charge in [0.1, 0.15) is 0 Å². The van der Waals surface area contributed by atoms with Crippen molar-refractivity contribution in [2.45, 2.75) is 45.4 Å². The van der Waals surface area contributed by atoms with E-state index in [9.17, 15) is 4.79 Å². The van der Waals surface area contributed by atoms with Gasteiger partial charge in [0, 0.05) is 17.5 Å². The minimum absolute atomic E-state index is 0.0225. The van der Waals surface area contributed by atoms with Crippen LogP contribution in [0, 0.1) is 12.3 Å². The van der Waals surface area contributed by atoms with E-state index in [2.05, 4.69) is 10.3 Å². The van der Waals surface area contributed by atoms with Crippen molar-refractivity contribution in [1.82, 2.24) is 4.98 Å². The molecule has 0 atom stereocenters. The third-order valence-electron chi connectivity index (χ3n) is 3.75. The van der Waals surface area contributed by atoms with Crippen LogP contribution in [-0.4, -0.2) is 17.4 Å². The van der Waals surface area contributed by atoms with E-state index in [1.165, 1.54) is 30.6 Å². The van der Waals surface area contributed by atoms with E-state index in [0.717, 1.165) is 17.7 Å². The molecule has 0 spiro atoms. The van der Waals surface area contributed by atoms with E-state index < -0.39 is 0 Å². The Morgan fingerprint density at radius 1 is 1.50 bits per heavy atom. The first-order valence-electron chi connectivity index (χ1n) is 6.56. The molecule has 1 aromatic rings. The molecule has 1 fully saturated rings. The van der Waals surface area contributed by atoms with Gasteiger partial charge in [0.05, 0.1) is 0 Å². The smallest absolute Gasteiger partial charge is 0.226 e. The molecule has 1 aliphatic rings. The second kappa shape index (κ2) is 5.80. The second-order valence-electron chi connectivity index (χ2n) is 5.27. The van der Waals surface area contributed by atoms with E-state index in [0.29, 0.717) is 18.1 Å². The van der Waals surface area contributed by atoms with E-state index in [1.54, 1.807) is 6.20 Å². The number of carbonyl (C=O) groups excluding carboxylic acids is 1. The van der Waals surface area contributed by atoms with Crippen LogP contribution < -0.4 is 11.1 Å². The fourth-order valence-corrected chi connectivity index (χ4v) is 3.35. The number of nitrogens with zero attached hydrogens (tertiary/aromatic N) is 1. The van der Waals surface area contributed by atoms with Crippen LogP contribution in [0.5, 0.6) is 0 Å². The number of hydrogen-bond acceptors (Lipinski definition) is 4. The molecule has 0 unspecified atom stereocenters. The molecule has 1 aliphatic carbocycles. The van der Waals surface area contributed by atoms with Crippen molar-refractivity contribution in [3.63, 3.8) is 0 Å². The zero-order chi connectivity index (χ0) is 13.0. The number of aromatic nitrogens is 1. The average molecular weight is 267 g/mol. The quantitative estimate of drug-likeness (QED) is 0.881. The maximum Gasteiger partial charge on any atom is 0.226 e. The first kappa shape index (κ1) is 13.5. The van der Waals surface area contributed by atoms with Crippen LogP contribution in [0.3, 0.4) is 0 Å². The molecular weight excluding hydrogens is 246 g/mol. The molecule has 1 heterocycles. The van der Waals surface area contributed by atoms with Gasteiger partial charge >= 0.3 is 0 Å². The van der Waals surface area contributed by atoms with Gasteiger partial charge in [-0.1, -0.05) is 19.3 Å². The van der Waals surface area contributed by atoms with Crippen LogP contribution in [0.25, 0.3) is 0 Å². The molecule has 3 N–H and O–H groups in total. The molecule has 1 saturated carbocycles. The Hall–Kier alpha value is -0.940. The van der Waals surface area contributed by atoms with Gasteiger partial charge in [-0.3, -0.25) is 4.79 Å². The molecule has 1 amide bonds. The topological polar surface area (TPSA) is 68.0 Å². The zero-order valence-corrected chi connectivity index (χ0v) is 11.7. The lowest BCUT2D eigenvalue weighted by Gasteiger charge is -2.35. The Morgan fingerprint density at radius 2 is 2.22 bits per heavy atom. The number of carbonyl (C=O) groups is 1. The van der Waals surface area contributed by atoms with Crippen LogP contribution in [-0.2, 0) is 4.79 Å². The molecule has 2 rings (SSSR count). The summed E-state index contributed by atoms with van der Waals surface area (Å²) in [6.45, 7) is 2.59. The molecule has 18 heavy (non-hydrogen) atoms. The Balaban J connectivity index is 1.93. The van der Waals surface area contributed by atoms with Gasteiger partial charge in [-0.2, -0.15) is 0 Å². The molecule has 0 radical (unpaired) electrons. The largest absolute Gasteiger partial charge is 0.330 e. The van der Waals surface area contributed by atoms with Crippen LogP contribution in [0.2, 0.25) is 0 Å². The lowest BCUT2D eigenvalue weighted by Crippen LogP contribution is -2.36. The predicted molar refractivity (Wildman–Crippen MR) is 74.7 cm³/mol. The van der Waals surface area contributed by atoms with Crippen LogP contribution in [0.15, 0.2) is 6.20 Å². The minimum Gasteiger partial charge on any atom is -0.330 e. The zero-order valence-electron chi connectivity index (χ0n) is 10.9. The van der Waals surface area contributed by atoms with Gasteiger partial charge in [0.15, 0.2) is 5.13 Å². The standard InChI is InChI=1S/C13H21N3OS/c1-10-8-15-12(18-10)16-11(17)7-13(9-14)5-3-2-4-6-13/h8H,2-7,9,14H2,1H3,(H,15,16,17). The summed E-state index contributed by atoms with van der Waals surface area (Å²) in [5, 5.41) is 3.58. The van der Waals surface area contributed by atoms with Gasteiger partial charge in [-0.25, -0.2) is 4.98 Å². The number of thiazole rings is 1. The van der Waals surface area contributed by atoms with Gasteiger partial charge in [0.25, 0.3) is 0 Å². The normalized spacial score (nSPS) is 18.6. The van der Waals surface area contributed by atoms with Crippen molar-refractivity contribution in [2.24, 2.45) is 11.1 Å². The highest BCUT2D eigenvalue weighted by atomic mass is 32.1. The lowest BCUT2D eigenvalue weighted by molar-refractivity contribution is -0.118. The maximum absolute atomic E-state index is 12.1. The molecule has 5 heteroatoms. The molecule has 1 aromatic heterocycles. The van der Waals surface area contributed by atoms with Gasteiger partial charge < -0.3 is 11.1 Å². The van der Waals surface area contributed by atoms with Crippen LogP contribution >= 0.6 is 11.3 Å². The monoisotopic (exact) mass is 267 g/mol. The second-order valence-corrected chi connectivity index (χ2v) is 6.50. The summed E-state index contributed by atoms with van der Waals surface area (Å²) >= 11 is 1.51. The van der Waals surface area contributed by atoms with Gasteiger partial charge in [-0.15, -0.1) is 11.3 Å². The molecule has 100 valence electrons. The van der Waals surface area contributed by atoms with E-state index in [1.807, 2.05) is 6.92 Å². The summed E-state index contributed by atoms with van der Waals surface area (Å²) in [5.74, 6) is 0.0525. The van der Waals surface area contributed by atoms with Crippen molar-refractivity contribution in [2.75, 3.05) is 11.9 Å². The number of nitrogens with one attached hydrogen (secondary N) is 1. The number of hydrogen-bond donors (Lipinski definition) is 2. The summed E-state index contributed by atoms with van der Waals surface area (Å²) in [5.41, 5.74) is 5.91. The number of aryl methyl sites for hydroxylation is 1. The molecule has 4 nitrogen and oxygen atoms in total. The minimum atomic E-state index is 0.0225. The SMILES string of the molecule is Cc1cnc(NC(=O)CC2(CN)CCCCC2)s1. The summed E-state index contributed by atoms with van der Waals surface area (Å²) in [4.78, 5) is 17.3. The van der Waals surface area contributed by atoms with E-state index >= 15 is 0 Å². The summed E-state index contributed by atoms with van der Waals surface area (Å²) < 4.78 is 0. The predicted octanol–water partition coefficient (Wildman–Crippen LogP) is 2.69. The summed E-state index contributed by atoms with van der Waals surface area (Å²) in [7, 11) is 0. The van der Waals surface area contributed by atoms with Crippen molar-refractivity contribution >= 4 is 22.4 Å². The van der Waals surface area contributed by atoms with E-state index in [4.69, 9.17) is 5.73 Å². The molecule has 0 bridgehead atoms. The summed E-state index contributed by atoms with van der Waals surface area (Å²) in [6.07, 6.45) is 8.13. The third-order valence-corrected chi connectivity index (χ3v) is 4.58. The first-order chi connectivity index (χ1) is 8.63. The van der Waals surface area contributed by atoms with Crippen LogP contribution in [0.4, 0.5) is 5.13 Å².